The Balaban J connectivity index is 2.12. The number of halogens is 1. The molecule has 7 heteroatoms. The maximum Gasteiger partial charge on any atom is 0.437 e. The van der Waals surface area contributed by atoms with Crippen LogP contribution in [0.4, 0.5) is 0 Å². The Labute approximate surface area is 117 Å². The molecule has 0 aliphatic rings. The van der Waals surface area contributed by atoms with Crippen molar-refractivity contribution >= 4 is 15.9 Å². The molecule has 1 aromatic heterocycles. The van der Waals surface area contributed by atoms with Crippen LogP contribution < -0.4 is 5.76 Å². The molecule has 1 atom stereocenters. The fraction of sp³-hybridized carbons (Fsp3) is 0.333. The summed E-state index contributed by atoms with van der Waals surface area (Å²) in [6, 6.07) is 7.19. The number of methoxy groups -OCH3 is 1. The van der Waals surface area contributed by atoms with Gasteiger partial charge in [-0.25, -0.2) is 4.79 Å². The molecule has 102 valence electrons. The second kappa shape index (κ2) is 6.14. The number of benzene rings is 1. The predicted molar refractivity (Wildman–Crippen MR) is 70.6 cm³/mol. The summed E-state index contributed by atoms with van der Waals surface area (Å²) in [7, 11) is 1.48. The zero-order valence-corrected chi connectivity index (χ0v) is 11.8. The van der Waals surface area contributed by atoms with Gasteiger partial charge in [-0.1, -0.05) is 28.1 Å². The van der Waals surface area contributed by atoms with E-state index >= 15 is 0 Å². The van der Waals surface area contributed by atoms with Crippen LogP contribution in [0.3, 0.4) is 0 Å². The highest BCUT2D eigenvalue weighted by Crippen LogP contribution is 2.17. The Bertz CT molecular complexity index is 591. The largest absolute Gasteiger partial charge is 0.437 e. The van der Waals surface area contributed by atoms with E-state index in [1.807, 2.05) is 12.1 Å². The minimum absolute atomic E-state index is 0.0354. The molecular weight excluding hydrogens is 316 g/mol. The van der Waals surface area contributed by atoms with Gasteiger partial charge in [-0.15, -0.1) is 5.10 Å². The van der Waals surface area contributed by atoms with Gasteiger partial charge in [0.05, 0.1) is 12.6 Å². The van der Waals surface area contributed by atoms with E-state index in [1.165, 1.54) is 7.11 Å². The SMILES string of the molecule is COCc1nn(C[C@@H](O)c2ccc(Br)cc2)c(=O)o1. The monoisotopic (exact) mass is 328 g/mol. The number of rotatable bonds is 5. The van der Waals surface area contributed by atoms with E-state index in [4.69, 9.17) is 9.15 Å². The van der Waals surface area contributed by atoms with Crippen molar-refractivity contribution in [2.75, 3.05) is 7.11 Å². The quantitative estimate of drug-likeness (QED) is 0.899. The average Bonchev–Trinajstić information content (AvgIpc) is 2.71. The van der Waals surface area contributed by atoms with E-state index in [1.54, 1.807) is 12.1 Å². The maximum atomic E-state index is 11.5. The van der Waals surface area contributed by atoms with Crippen LogP contribution in [0.15, 0.2) is 37.9 Å². The first-order chi connectivity index (χ1) is 9.10. The van der Waals surface area contributed by atoms with E-state index in [-0.39, 0.29) is 19.0 Å². The third-order valence-electron chi connectivity index (χ3n) is 2.52. The van der Waals surface area contributed by atoms with Crippen LogP contribution in [0, 0.1) is 0 Å². The Hall–Kier alpha value is -1.44. The van der Waals surface area contributed by atoms with Crippen LogP contribution in [0.5, 0.6) is 0 Å². The molecule has 0 aliphatic carbocycles. The topological polar surface area (TPSA) is 77.5 Å². The summed E-state index contributed by atoms with van der Waals surface area (Å²) in [5, 5.41) is 14.0. The van der Waals surface area contributed by atoms with Crippen molar-refractivity contribution in [1.82, 2.24) is 9.78 Å². The molecule has 0 bridgehead atoms. The highest BCUT2D eigenvalue weighted by molar-refractivity contribution is 9.10. The molecule has 0 radical (unpaired) electrons. The summed E-state index contributed by atoms with van der Waals surface area (Å²) in [6.07, 6.45) is -0.828. The van der Waals surface area contributed by atoms with E-state index in [0.29, 0.717) is 5.56 Å². The molecule has 1 N–H and O–H groups in total. The molecular formula is C12H13BrN2O4. The van der Waals surface area contributed by atoms with Gasteiger partial charge in [-0.2, -0.15) is 4.68 Å². The summed E-state index contributed by atoms with van der Waals surface area (Å²) < 4.78 is 11.7. The zero-order chi connectivity index (χ0) is 13.8. The maximum absolute atomic E-state index is 11.5. The zero-order valence-electron chi connectivity index (χ0n) is 10.2. The lowest BCUT2D eigenvalue weighted by molar-refractivity contribution is 0.148. The second-order valence-corrected chi connectivity index (χ2v) is 4.86. The number of hydrogen-bond donors (Lipinski definition) is 1. The molecule has 0 saturated carbocycles. The molecule has 0 spiro atoms. The van der Waals surface area contributed by atoms with Crippen LogP contribution >= 0.6 is 15.9 Å². The van der Waals surface area contributed by atoms with E-state index in [9.17, 15) is 9.90 Å². The van der Waals surface area contributed by atoms with E-state index in [2.05, 4.69) is 21.0 Å². The van der Waals surface area contributed by atoms with Crippen molar-refractivity contribution in [2.24, 2.45) is 0 Å². The number of nitrogens with zero attached hydrogens (tertiary/aromatic N) is 2. The molecule has 1 aromatic carbocycles. The van der Waals surface area contributed by atoms with Gasteiger partial charge >= 0.3 is 5.76 Å². The van der Waals surface area contributed by atoms with Crippen molar-refractivity contribution in [3.63, 3.8) is 0 Å². The van der Waals surface area contributed by atoms with Gasteiger partial charge in [-0.3, -0.25) is 0 Å². The van der Waals surface area contributed by atoms with Crippen LogP contribution in [-0.4, -0.2) is 22.0 Å². The summed E-state index contributed by atoms with van der Waals surface area (Å²) in [5.74, 6) is -0.418. The molecule has 2 aromatic rings. The standard InChI is InChI=1S/C12H13BrN2O4/c1-18-7-11-14-15(12(17)19-11)6-10(16)8-2-4-9(13)5-3-8/h2-5,10,16H,6-7H2,1H3/t10-/m1/s1. The van der Waals surface area contributed by atoms with Crippen LogP contribution in [0.1, 0.15) is 17.6 Å². The number of hydrogen-bond acceptors (Lipinski definition) is 5. The van der Waals surface area contributed by atoms with Crippen LogP contribution in [0.2, 0.25) is 0 Å². The Morgan fingerprint density at radius 2 is 2.16 bits per heavy atom. The van der Waals surface area contributed by atoms with Gasteiger partial charge in [0, 0.05) is 11.6 Å². The minimum Gasteiger partial charge on any atom is -0.390 e. The molecule has 1 heterocycles. The van der Waals surface area contributed by atoms with Crippen LogP contribution in [-0.2, 0) is 17.9 Å². The van der Waals surface area contributed by atoms with Gasteiger partial charge in [-0.05, 0) is 17.7 Å². The van der Waals surface area contributed by atoms with E-state index in [0.717, 1.165) is 9.15 Å². The molecule has 0 saturated heterocycles. The summed E-state index contributed by atoms with van der Waals surface area (Å²) in [4.78, 5) is 11.5. The molecule has 0 amide bonds. The minimum atomic E-state index is -0.828. The molecule has 0 fully saturated rings. The second-order valence-electron chi connectivity index (χ2n) is 3.94. The van der Waals surface area contributed by atoms with Gasteiger partial charge in [0.15, 0.2) is 0 Å². The first-order valence-corrected chi connectivity index (χ1v) is 6.38. The highest BCUT2D eigenvalue weighted by atomic mass is 79.9. The van der Waals surface area contributed by atoms with Gasteiger partial charge in [0.25, 0.3) is 0 Å². The number of aliphatic hydroxyl groups excluding tert-OH is 1. The first-order valence-electron chi connectivity index (χ1n) is 5.59. The van der Waals surface area contributed by atoms with Gasteiger partial charge < -0.3 is 14.3 Å². The van der Waals surface area contributed by atoms with Crippen molar-refractivity contribution in [1.29, 1.82) is 0 Å². The van der Waals surface area contributed by atoms with E-state index < -0.39 is 11.9 Å². The fourth-order valence-corrected chi connectivity index (χ4v) is 1.86. The Kier molecular flexibility index (Phi) is 4.52. The Morgan fingerprint density at radius 1 is 1.47 bits per heavy atom. The normalized spacial score (nSPS) is 12.6. The van der Waals surface area contributed by atoms with Crippen molar-refractivity contribution < 1.29 is 14.3 Å². The van der Waals surface area contributed by atoms with Crippen molar-refractivity contribution in [2.45, 2.75) is 19.3 Å². The highest BCUT2D eigenvalue weighted by Gasteiger charge is 2.13. The average molecular weight is 329 g/mol. The Morgan fingerprint density at radius 3 is 2.79 bits per heavy atom. The number of aromatic nitrogens is 2. The lowest BCUT2D eigenvalue weighted by atomic mass is 10.1. The molecule has 2 rings (SSSR count). The lowest BCUT2D eigenvalue weighted by Crippen LogP contribution is -2.20. The molecule has 6 nitrogen and oxygen atoms in total. The fourth-order valence-electron chi connectivity index (χ4n) is 1.60. The predicted octanol–water partition coefficient (Wildman–Crippen LogP) is 1.48. The van der Waals surface area contributed by atoms with Gasteiger partial charge in [0.2, 0.25) is 5.89 Å². The third-order valence-corrected chi connectivity index (χ3v) is 3.05. The molecule has 19 heavy (non-hydrogen) atoms. The number of aliphatic hydroxyl groups is 1. The lowest BCUT2D eigenvalue weighted by Gasteiger charge is -2.09. The number of ether oxygens (including phenoxy) is 1. The molecule has 0 aliphatic heterocycles. The van der Waals surface area contributed by atoms with Crippen LogP contribution in [0.25, 0.3) is 0 Å². The summed E-state index contributed by atoms with van der Waals surface area (Å²) in [6.45, 7) is 0.157. The van der Waals surface area contributed by atoms with Gasteiger partial charge in [0.1, 0.15) is 6.61 Å². The summed E-state index contributed by atoms with van der Waals surface area (Å²) in [5.41, 5.74) is 0.700. The van der Waals surface area contributed by atoms with Crippen molar-refractivity contribution in [3.8, 4) is 0 Å². The summed E-state index contributed by atoms with van der Waals surface area (Å²) >= 11 is 3.32. The third kappa shape index (κ3) is 3.52. The first kappa shape index (κ1) is 14.0. The molecule has 0 unspecified atom stereocenters. The smallest absolute Gasteiger partial charge is 0.390 e. The van der Waals surface area contributed by atoms with Crippen molar-refractivity contribution in [3.05, 3.63) is 50.7 Å².